The second-order valence-electron chi connectivity index (χ2n) is 4.37. The number of rotatable bonds is 10. The average molecular weight is 336 g/mol. The molecule has 0 bridgehead atoms. The zero-order valence-electron chi connectivity index (χ0n) is 13.2. The van der Waals surface area contributed by atoms with Gasteiger partial charge in [-0.25, -0.2) is 4.98 Å². The molecule has 0 aliphatic carbocycles. The Hall–Kier alpha value is -1.97. The van der Waals surface area contributed by atoms with Gasteiger partial charge < -0.3 is 20.1 Å². The number of hydrogen-bond donors (Lipinski definition) is 2. The number of ether oxygens (including phenoxy) is 2. The maximum absolute atomic E-state index is 5.02. The molecule has 2 heterocycles. The molecule has 0 aliphatic heterocycles. The maximum Gasteiger partial charge on any atom is 0.228 e. The van der Waals surface area contributed by atoms with E-state index in [0.717, 1.165) is 5.03 Å². The van der Waals surface area contributed by atoms with Crippen molar-refractivity contribution in [1.29, 1.82) is 0 Å². The van der Waals surface area contributed by atoms with Gasteiger partial charge in [-0.15, -0.1) is 0 Å². The molecule has 124 valence electrons. The van der Waals surface area contributed by atoms with Crippen molar-refractivity contribution in [2.45, 2.75) is 10.2 Å². The van der Waals surface area contributed by atoms with Gasteiger partial charge in [-0.05, 0) is 23.9 Å². The van der Waals surface area contributed by atoms with Gasteiger partial charge in [0.15, 0.2) is 0 Å². The Bertz CT molecular complexity index is 558. The molecule has 0 fully saturated rings. The van der Waals surface area contributed by atoms with E-state index in [0.29, 0.717) is 43.4 Å². The van der Waals surface area contributed by atoms with E-state index < -0.39 is 0 Å². The van der Waals surface area contributed by atoms with Crippen LogP contribution in [0.25, 0.3) is 0 Å². The molecule has 0 unspecified atom stereocenters. The number of aromatic nitrogens is 4. The number of anilines is 2. The van der Waals surface area contributed by atoms with E-state index in [1.165, 1.54) is 11.8 Å². The Kier molecular flexibility index (Phi) is 7.50. The number of hydrogen-bond acceptors (Lipinski definition) is 9. The third-order valence-corrected chi connectivity index (χ3v) is 3.44. The summed E-state index contributed by atoms with van der Waals surface area (Å²) in [6.45, 7) is 2.37. The van der Waals surface area contributed by atoms with Crippen molar-refractivity contribution < 1.29 is 9.47 Å². The minimum atomic E-state index is 0.496. The van der Waals surface area contributed by atoms with Gasteiger partial charge in [0.05, 0.1) is 13.2 Å². The van der Waals surface area contributed by atoms with Crippen molar-refractivity contribution in [3.8, 4) is 0 Å². The lowest BCUT2D eigenvalue weighted by molar-refractivity contribution is 0.210. The van der Waals surface area contributed by atoms with Gasteiger partial charge in [0.25, 0.3) is 0 Å². The molecule has 0 aliphatic rings. The van der Waals surface area contributed by atoms with Crippen LogP contribution in [0.3, 0.4) is 0 Å². The van der Waals surface area contributed by atoms with E-state index >= 15 is 0 Å². The highest BCUT2D eigenvalue weighted by Crippen LogP contribution is 2.23. The third kappa shape index (κ3) is 6.35. The summed E-state index contributed by atoms with van der Waals surface area (Å²) in [6.07, 6.45) is 1.74. The van der Waals surface area contributed by atoms with Gasteiger partial charge in [0, 0.05) is 33.5 Å². The maximum atomic E-state index is 5.02. The van der Waals surface area contributed by atoms with Crippen molar-refractivity contribution in [3.63, 3.8) is 0 Å². The summed E-state index contributed by atoms with van der Waals surface area (Å²) in [7, 11) is 3.30. The van der Waals surface area contributed by atoms with Crippen LogP contribution in [0, 0.1) is 0 Å². The number of nitrogens with zero attached hydrogens (tertiary/aromatic N) is 4. The molecular weight excluding hydrogens is 316 g/mol. The van der Waals surface area contributed by atoms with E-state index in [4.69, 9.17) is 9.47 Å². The van der Waals surface area contributed by atoms with Crippen LogP contribution in [0.2, 0.25) is 0 Å². The normalized spacial score (nSPS) is 10.5. The molecular formula is C14H20N6O2S. The zero-order valence-corrected chi connectivity index (χ0v) is 14.0. The minimum absolute atomic E-state index is 0.496. The van der Waals surface area contributed by atoms with Gasteiger partial charge in [0.1, 0.15) is 5.03 Å². The van der Waals surface area contributed by atoms with Crippen molar-refractivity contribution >= 4 is 23.7 Å². The van der Waals surface area contributed by atoms with Gasteiger partial charge in [-0.2, -0.15) is 15.0 Å². The highest BCUT2D eigenvalue weighted by molar-refractivity contribution is 7.99. The molecule has 2 rings (SSSR count). The first kappa shape index (κ1) is 17.4. The van der Waals surface area contributed by atoms with E-state index in [1.54, 1.807) is 20.4 Å². The number of pyridine rings is 1. The molecule has 0 amide bonds. The topological polar surface area (TPSA) is 94.1 Å². The molecule has 8 nitrogen and oxygen atoms in total. The van der Waals surface area contributed by atoms with Crippen LogP contribution >= 0.6 is 11.8 Å². The quantitative estimate of drug-likeness (QED) is 0.626. The molecule has 2 N–H and O–H groups in total. The van der Waals surface area contributed by atoms with Crippen molar-refractivity contribution in [3.05, 3.63) is 24.4 Å². The fourth-order valence-corrected chi connectivity index (χ4v) is 2.30. The molecule has 0 saturated heterocycles. The SMILES string of the molecule is COCCNc1nc(NCCOC)nc(Sc2ccccn2)n1. The molecule has 0 aromatic carbocycles. The highest BCUT2D eigenvalue weighted by Gasteiger charge is 2.08. The first-order chi connectivity index (χ1) is 11.3. The van der Waals surface area contributed by atoms with Gasteiger partial charge in [0.2, 0.25) is 17.1 Å². The largest absolute Gasteiger partial charge is 0.383 e. The second-order valence-corrected chi connectivity index (χ2v) is 5.36. The average Bonchev–Trinajstić information content (AvgIpc) is 2.56. The molecule has 23 heavy (non-hydrogen) atoms. The summed E-state index contributed by atoms with van der Waals surface area (Å²) in [5, 5.41) is 7.61. The summed E-state index contributed by atoms with van der Waals surface area (Å²) in [4.78, 5) is 17.4. The molecule has 0 radical (unpaired) electrons. The molecule has 0 saturated carbocycles. The lowest BCUT2D eigenvalue weighted by atomic mass is 10.5. The Balaban J connectivity index is 2.10. The van der Waals surface area contributed by atoms with Crippen LogP contribution in [-0.4, -0.2) is 60.5 Å². The Morgan fingerprint density at radius 3 is 2.13 bits per heavy atom. The lowest BCUT2D eigenvalue weighted by Gasteiger charge is -2.09. The summed E-state index contributed by atoms with van der Waals surface area (Å²) in [5.41, 5.74) is 0. The van der Waals surface area contributed by atoms with Gasteiger partial charge in [-0.3, -0.25) is 0 Å². The van der Waals surface area contributed by atoms with E-state index in [-0.39, 0.29) is 0 Å². The summed E-state index contributed by atoms with van der Waals surface area (Å²) >= 11 is 1.38. The summed E-state index contributed by atoms with van der Waals surface area (Å²) in [5.74, 6) is 0.991. The van der Waals surface area contributed by atoms with Crippen LogP contribution in [-0.2, 0) is 9.47 Å². The first-order valence-corrected chi connectivity index (χ1v) is 7.94. The van der Waals surface area contributed by atoms with E-state index in [9.17, 15) is 0 Å². The van der Waals surface area contributed by atoms with E-state index in [1.807, 2.05) is 18.2 Å². The standard InChI is InChI=1S/C14H20N6O2S/c1-21-9-7-16-12-18-13(17-8-10-22-2)20-14(19-12)23-11-5-3-4-6-15-11/h3-6H,7-10H2,1-2H3,(H2,16,17,18,19,20). The zero-order chi connectivity index (χ0) is 16.3. The summed E-state index contributed by atoms with van der Waals surface area (Å²) in [6, 6.07) is 5.70. The Labute approximate surface area is 139 Å². The molecule has 9 heteroatoms. The predicted molar refractivity (Wildman–Crippen MR) is 88.9 cm³/mol. The van der Waals surface area contributed by atoms with Gasteiger partial charge >= 0.3 is 0 Å². The Morgan fingerprint density at radius 2 is 1.61 bits per heavy atom. The van der Waals surface area contributed by atoms with Crippen LogP contribution in [0.1, 0.15) is 0 Å². The number of methoxy groups -OCH3 is 2. The lowest BCUT2D eigenvalue weighted by Crippen LogP contribution is -2.15. The monoisotopic (exact) mass is 336 g/mol. The predicted octanol–water partition coefficient (Wildman–Crippen LogP) is 1.53. The van der Waals surface area contributed by atoms with Crippen LogP contribution in [0.15, 0.2) is 34.6 Å². The molecule has 2 aromatic heterocycles. The van der Waals surface area contributed by atoms with Crippen molar-refractivity contribution in [2.24, 2.45) is 0 Å². The molecule has 0 atom stereocenters. The van der Waals surface area contributed by atoms with E-state index in [2.05, 4.69) is 30.6 Å². The smallest absolute Gasteiger partial charge is 0.228 e. The summed E-state index contributed by atoms with van der Waals surface area (Å²) < 4.78 is 10.0. The highest BCUT2D eigenvalue weighted by atomic mass is 32.2. The fourth-order valence-electron chi connectivity index (χ4n) is 1.59. The first-order valence-electron chi connectivity index (χ1n) is 7.12. The number of nitrogens with one attached hydrogen (secondary N) is 2. The van der Waals surface area contributed by atoms with Crippen molar-refractivity contribution in [1.82, 2.24) is 19.9 Å². The van der Waals surface area contributed by atoms with Gasteiger partial charge in [-0.1, -0.05) is 6.07 Å². The minimum Gasteiger partial charge on any atom is -0.383 e. The Morgan fingerprint density at radius 1 is 0.957 bits per heavy atom. The van der Waals surface area contributed by atoms with Crippen LogP contribution in [0.4, 0.5) is 11.9 Å². The van der Waals surface area contributed by atoms with Crippen LogP contribution < -0.4 is 10.6 Å². The van der Waals surface area contributed by atoms with Crippen LogP contribution in [0.5, 0.6) is 0 Å². The third-order valence-electron chi connectivity index (χ3n) is 2.63. The second kappa shape index (κ2) is 9.93. The molecule has 2 aromatic rings. The fraction of sp³-hybridized carbons (Fsp3) is 0.429. The molecule has 0 spiro atoms. The van der Waals surface area contributed by atoms with Crippen molar-refractivity contribution in [2.75, 3.05) is 51.2 Å².